The van der Waals surface area contributed by atoms with Gasteiger partial charge in [0.05, 0.1) is 23.4 Å². The number of benzene rings is 1. The van der Waals surface area contributed by atoms with Crippen LogP contribution in [0.25, 0.3) is 10.4 Å². The van der Waals surface area contributed by atoms with Gasteiger partial charge in [-0.2, -0.15) is 0 Å². The molecule has 0 unspecified atom stereocenters. The van der Waals surface area contributed by atoms with Crippen LogP contribution >= 0.6 is 11.3 Å². The van der Waals surface area contributed by atoms with Gasteiger partial charge < -0.3 is 15.5 Å². The van der Waals surface area contributed by atoms with Gasteiger partial charge in [0.1, 0.15) is 10.6 Å². The molecule has 1 saturated carbocycles. The highest BCUT2D eigenvalue weighted by Crippen LogP contribution is 2.40. The van der Waals surface area contributed by atoms with E-state index in [0.29, 0.717) is 16.6 Å². The first-order valence-electron chi connectivity index (χ1n) is 9.07. The van der Waals surface area contributed by atoms with Gasteiger partial charge in [0.15, 0.2) is 5.82 Å². The van der Waals surface area contributed by atoms with E-state index in [1.807, 2.05) is 25.1 Å². The third kappa shape index (κ3) is 3.89. The highest BCUT2D eigenvalue weighted by molar-refractivity contribution is 7.15. The number of aromatic nitrogens is 3. The average molecular weight is 400 g/mol. The van der Waals surface area contributed by atoms with E-state index in [1.54, 1.807) is 6.20 Å². The molecular formula is C20H21FN4O2S. The quantitative estimate of drug-likeness (QED) is 0.582. The maximum atomic E-state index is 13.9. The Morgan fingerprint density at radius 2 is 2.04 bits per heavy atom. The summed E-state index contributed by atoms with van der Waals surface area (Å²) in [6.07, 6.45) is 4.83. The van der Waals surface area contributed by atoms with E-state index in [0.717, 1.165) is 34.5 Å². The largest absolute Gasteiger partial charge is 0.393 e. The Bertz CT molecular complexity index is 1020. The molecule has 3 aromatic rings. The van der Waals surface area contributed by atoms with Crippen LogP contribution in [-0.2, 0) is 5.60 Å². The number of rotatable bonds is 6. The monoisotopic (exact) mass is 400 g/mol. The molecule has 0 radical (unpaired) electrons. The standard InChI is InChI=1S/C20H21FN4O2S/c1-11-5-13(16-9-22-18(28-16)20(2,27)10-26)7-14(6-11)24-19-23-8-15(21)17(25-19)12-3-4-12/h5-9,12,26-27H,3-4,10H2,1-2H3,(H,23,24,25)/t20-/m1/s1. The summed E-state index contributed by atoms with van der Waals surface area (Å²) < 4.78 is 13.9. The molecular weight excluding hydrogens is 379 g/mol. The van der Waals surface area contributed by atoms with E-state index >= 15 is 0 Å². The predicted octanol–water partition coefficient (Wildman–Crippen LogP) is 3.87. The fourth-order valence-corrected chi connectivity index (χ4v) is 3.87. The summed E-state index contributed by atoms with van der Waals surface area (Å²) in [6.45, 7) is 3.11. The maximum Gasteiger partial charge on any atom is 0.227 e. The molecule has 0 saturated heterocycles. The van der Waals surface area contributed by atoms with Gasteiger partial charge in [-0.25, -0.2) is 19.3 Å². The van der Waals surface area contributed by atoms with Gasteiger partial charge in [-0.3, -0.25) is 0 Å². The van der Waals surface area contributed by atoms with Crippen LogP contribution in [-0.4, -0.2) is 31.8 Å². The number of thiazole rings is 1. The Hall–Kier alpha value is -2.42. The van der Waals surface area contributed by atoms with Gasteiger partial charge in [0, 0.05) is 17.8 Å². The van der Waals surface area contributed by atoms with E-state index in [-0.39, 0.29) is 11.7 Å². The van der Waals surface area contributed by atoms with Gasteiger partial charge in [0.25, 0.3) is 0 Å². The van der Waals surface area contributed by atoms with Gasteiger partial charge in [0.2, 0.25) is 5.95 Å². The van der Waals surface area contributed by atoms with Gasteiger partial charge >= 0.3 is 0 Å². The highest BCUT2D eigenvalue weighted by Gasteiger charge is 2.29. The number of halogens is 1. The average Bonchev–Trinajstić information content (AvgIpc) is 3.37. The lowest BCUT2D eigenvalue weighted by atomic mass is 10.1. The molecule has 2 aromatic heterocycles. The zero-order valence-corrected chi connectivity index (χ0v) is 16.4. The number of aliphatic hydroxyl groups excluding tert-OH is 1. The first kappa shape index (κ1) is 18.9. The van der Waals surface area contributed by atoms with E-state index in [9.17, 15) is 14.6 Å². The van der Waals surface area contributed by atoms with E-state index in [2.05, 4.69) is 20.3 Å². The minimum absolute atomic E-state index is 0.201. The minimum Gasteiger partial charge on any atom is -0.393 e. The molecule has 2 heterocycles. The Kier molecular flexibility index (Phi) is 4.86. The summed E-state index contributed by atoms with van der Waals surface area (Å²) in [5.41, 5.74) is 1.84. The summed E-state index contributed by atoms with van der Waals surface area (Å²) in [6, 6.07) is 5.90. The molecule has 1 fully saturated rings. The van der Waals surface area contributed by atoms with Gasteiger partial charge in [-0.05, 0) is 49.9 Å². The van der Waals surface area contributed by atoms with Crippen molar-refractivity contribution in [2.75, 3.05) is 11.9 Å². The van der Waals surface area contributed by atoms with Crippen molar-refractivity contribution in [1.29, 1.82) is 0 Å². The molecule has 6 nitrogen and oxygen atoms in total. The fourth-order valence-electron chi connectivity index (χ4n) is 2.93. The molecule has 8 heteroatoms. The lowest BCUT2D eigenvalue weighted by Gasteiger charge is -2.16. The van der Waals surface area contributed by atoms with E-state index < -0.39 is 12.2 Å². The second kappa shape index (κ2) is 7.20. The van der Waals surface area contributed by atoms with E-state index in [4.69, 9.17) is 0 Å². The maximum absolute atomic E-state index is 13.9. The summed E-state index contributed by atoms with van der Waals surface area (Å²) in [4.78, 5) is 13.5. The van der Waals surface area contributed by atoms with Crippen molar-refractivity contribution in [3.63, 3.8) is 0 Å². The van der Waals surface area contributed by atoms with Crippen molar-refractivity contribution in [2.24, 2.45) is 0 Å². The Labute approximate surface area is 166 Å². The van der Waals surface area contributed by atoms with Gasteiger partial charge in [-0.15, -0.1) is 11.3 Å². The Morgan fingerprint density at radius 1 is 1.25 bits per heavy atom. The Morgan fingerprint density at radius 3 is 2.75 bits per heavy atom. The second-order valence-corrected chi connectivity index (χ2v) is 8.41. The predicted molar refractivity (Wildman–Crippen MR) is 106 cm³/mol. The topological polar surface area (TPSA) is 91.2 Å². The Balaban J connectivity index is 1.62. The van der Waals surface area contributed by atoms with Crippen LogP contribution in [0, 0.1) is 12.7 Å². The fraction of sp³-hybridized carbons (Fsp3) is 0.350. The SMILES string of the molecule is Cc1cc(Nc2ncc(F)c(C3CC3)n2)cc(-c2cnc([C@](C)(O)CO)s2)c1. The van der Waals surface area contributed by atoms with Crippen molar-refractivity contribution in [1.82, 2.24) is 15.0 Å². The molecule has 4 rings (SSSR count). The van der Waals surface area contributed by atoms with Crippen LogP contribution in [0.2, 0.25) is 0 Å². The van der Waals surface area contributed by atoms with Crippen molar-refractivity contribution in [3.8, 4) is 10.4 Å². The van der Waals surface area contributed by atoms with Crippen LogP contribution in [0.5, 0.6) is 0 Å². The molecule has 0 spiro atoms. The van der Waals surface area contributed by atoms with E-state index in [1.165, 1.54) is 24.5 Å². The molecule has 28 heavy (non-hydrogen) atoms. The highest BCUT2D eigenvalue weighted by atomic mass is 32.1. The van der Waals surface area contributed by atoms with Crippen LogP contribution in [0.15, 0.2) is 30.6 Å². The zero-order valence-electron chi connectivity index (χ0n) is 15.6. The van der Waals surface area contributed by atoms with Crippen molar-refractivity contribution in [2.45, 2.75) is 38.2 Å². The number of hydrogen-bond donors (Lipinski definition) is 3. The minimum atomic E-state index is -1.37. The number of nitrogens with one attached hydrogen (secondary N) is 1. The van der Waals surface area contributed by atoms with Crippen molar-refractivity contribution in [3.05, 3.63) is 52.7 Å². The lowest BCUT2D eigenvalue weighted by molar-refractivity contribution is -0.00244. The molecule has 0 aliphatic heterocycles. The molecule has 0 bridgehead atoms. The molecule has 1 atom stereocenters. The first-order valence-corrected chi connectivity index (χ1v) is 9.88. The summed E-state index contributed by atoms with van der Waals surface area (Å²) in [5.74, 6) is 0.214. The second-order valence-electron chi connectivity index (χ2n) is 7.38. The van der Waals surface area contributed by atoms with Crippen LogP contribution in [0.4, 0.5) is 16.0 Å². The van der Waals surface area contributed by atoms with Crippen LogP contribution in [0.1, 0.15) is 41.9 Å². The molecule has 0 amide bonds. The summed E-state index contributed by atoms with van der Waals surface area (Å²) in [7, 11) is 0. The van der Waals surface area contributed by atoms with Crippen molar-refractivity contribution < 1.29 is 14.6 Å². The molecule has 1 aromatic carbocycles. The third-order valence-electron chi connectivity index (χ3n) is 4.63. The third-order valence-corrected chi connectivity index (χ3v) is 5.93. The van der Waals surface area contributed by atoms with Crippen LogP contribution in [0.3, 0.4) is 0 Å². The van der Waals surface area contributed by atoms with Crippen molar-refractivity contribution >= 4 is 23.0 Å². The molecule has 1 aliphatic carbocycles. The molecule has 146 valence electrons. The van der Waals surface area contributed by atoms with Gasteiger partial charge in [-0.1, -0.05) is 6.07 Å². The molecule has 1 aliphatic rings. The first-order chi connectivity index (χ1) is 13.4. The number of nitrogens with zero attached hydrogens (tertiary/aromatic N) is 3. The number of aliphatic hydroxyl groups is 2. The molecule has 3 N–H and O–H groups in total. The smallest absolute Gasteiger partial charge is 0.227 e. The number of hydrogen-bond acceptors (Lipinski definition) is 7. The number of aryl methyl sites for hydroxylation is 1. The van der Waals surface area contributed by atoms with Crippen LogP contribution < -0.4 is 5.32 Å². The lowest BCUT2D eigenvalue weighted by Crippen LogP contribution is -2.25. The summed E-state index contributed by atoms with van der Waals surface area (Å²) >= 11 is 1.33. The normalized spacial score (nSPS) is 16.0. The zero-order chi connectivity index (χ0) is 19.9. The summed E-state index contributed by atoms with van der Waals surface area (Å²) in [5, 5.41) is 23.1. The number of anilines is 2.